The van der Waals surface area contributed by atoms with Gasteiger partial charge in [0.1, 0.15) is 0 Å². The summed E-state index contributed by atoms with van der Waals surface area (Å²) in [6.07, 6.45) is 2.95. The summed E-state index contributed by atoms with van der Waals surface area (Å²) >= 11 is 0. The Balaban J connectivity index is 1.57. The monoisotopic (exact) mass is 267 g/mol. The van der Waals surface area contributed by atoms with E-state index in [9.17, 15) is 4.79 Å². The Labute approximate surface area is 115 Å². The quantitative estimate of drug-likeness (QED) is 0.739. The number of nitrogens with zero attached hydrogens (tertiary/aromatic N) is 3. The predicted molar refractivity (Wildman–Crippen MR) is 73.1 cm³/mol. The van der Waals surface area contributed by atoms with Crippen LogP contribution in [0.4, 0.5) is 4.79 Å². The van der Waals surface area contributed by atoms with E-state index in [4.69, 9.17) is 4.74 Å². The predicted octanol–water partition coefficient (Wildman–Crippen LogP) is 0.711. The van der Waals surface area contributed by atoms with Crippen molar-refractivity contribution in [1.29, 1.82) is 0 Å². The molecule has 3 fully saturated rings. The largest absolute Gasteiger partial charge is 0.376 e. The summed E-state index contributed by atoms with van der Waals surface area (Å²) in [5.41, 5.74) is 0. The first-order valence-corrected chi connectivity index (χ1v) is 7.45. The van der Waals surface area contributed by atoms with Gasteiger partial charge in [0.15, 0.2) is 0 Å². The van der Waals surface area contributed by atoms with Gasteiger partial charge in [-0.3, -0.25) is 0 Å². The Morgan fingerprint density at radius 2 is 2.00 bits per heavy atom. The molecular formula is C14H25N3O2. The molecule has 0 aliphatic carbocycles. The van der Waals surface area contributed by atoms with Gasteiger partial charge in [0.25, 0.3) is 0 Å². The molecule has 3 atom stereocenters. The van der Waals surface area contributed by atoms with Gasteiger partial charge < -0.3 is 19.4 Å². The maximum atomic E-state index is 12.0. The molecule has 108 valence electrons. The van der Waals surface area contributed by atoms with Crippen LogP contribution in [0.25, 0.3) is 0 Å². The first kappa shape index (κ1) is 13.2. The summed E-state index contributed by atoms with van der Waals surface area (Å²) in [5, 5.41) is 0. The Bertz CT molecular complexity index is 342. The van der Waals surface area contributed by atoms with Gasteiger partial charge >= 0.3 is 6.03 Å². The van der Waals surface area contributed by atoms with E-state index >= 15 is 0 Å². The van der Waals surface area contributed by atoms with Crippen LogP contribution in [0, 0.1) is 11.8 Å². The number of rotatable bonds is 2. The summed E-state index contributed by atoms with van der Waals surface area (Å²) in [6, 6.07) is 0.123. The number of carbonyl (C=O) groups excluding carboxylic acids is 1. The molecule has 2 amide bonds. The number of urea groups is 1. The van der Waals surface area contributed by atoms with Crippen LogP contribution in [0.1, 0.15) is 12.8 Å². The molecule has 5 nitrogen and oxygen atoms in total. The van der Waals surface area contributed by atoms with Crippen LogP contribution >= 0.6 is 0 Å². The third-order valence-corrected chi connectivity index (χ3v) is 4.78. The minimum Gasteiger partial charge on any atom is -0.376 e. The number of likely N-dealkylation sites (tertiary alicyclic amines) is 2. The van der Waals surface area contributed by atoms with E-state index in [1.807, 2.05) is 19.0 Å². The molecule has 5 heteroatoms. The van der Waals surface area contributed by atoms with Gasteiger partial charge in [-0.1, -0.05) is 0 Å². The van der Waals surface area contributed by atoms with Crippen molar-refractivity contribution in [3.63, 3.8) is 0 Å². The molecule has 3 aliphatic rings. The molecule has 3 aliphatic heterocycles. The first-order valence-electron chi connectivity index (χ1n) is 7.45. The molecule has 0 bridgehead atoms. The van der Waals surface area contributed by atoms with Crippen LogP contribution in [0.2, 0.25) is 0 Å². The number of hydrogen-bond acceptors (Lipinski definition) is 3. The molecule has 0 aromatic heterocycles. The van der Waals surface area contributed by atoms with Crippen molar-refractivity contribution in [2.24, 2.45) is 11.8 Å². The molecule has 3 rings (SSSR count). The second kappa shape index (κ2) is 5.29. The summed E-state index contributed by atoms with van der Waals surface area (Å²) in [6.45, 7) is 6.18. The fourth-order valence-electron chi connectivity index (χ4n) is 3.72. The van der Waals surface area contributed by atoms with E-state index < -0.39 is 0 Å². The highest BCUT2D eigenvalue weighted by Gasteiger charge is 2.45. The van der Waals surface area contributed by atoms with Crippen LogP contribution in [-0.4, -0.2) is 80.3 Å². The molecule has 0 N–H and O–H groups in total. The fraction of sp³-hybridized carbons (Fsp3) is 0.929. The zero-order valence-corrected chi connectivity index (χ0v) is 12.0. The second-order valence-corrected chi connectivity index (χ2v) is 6.39. The van der Waals surface area contributed by atoms with Crippen LogP contribution in [-0.2, 0) is 4.74 Å². The lowest BCUT2D eigenvalue weighted by atomic mass is 9.93. The zero-order valence-electron chi connectivity index (χ0n) is 12.0. The average Bonchev–Trinajstić information content (AvgIpc) is 3.07. The lowest BCUT2D eigenvalue weighted by Crippen LogP contribution is -2.39. The highest BCUT2D eigenvalue weighted by molar-refractivity contribution is 5.74. The van der Waals surface area contributed by atoms with Crippen molar-refractivity contribution >= 4 is 6.03 Å². The van der Waals surface area contributed by atoms with Crippen LogP contribution < -0.4 is 0 Å². The maximum Gasteiger partial charge on any atom is 0.319 e. The third kappa shape index (κ3) is 2.58. The molecule has 0 saturated carbocycles. The Kier molecular flexibility index (Phi) is 3.67. The van der Waals surface area contributed by atoms with E-state index in [1.54, 1.807) is 4.90 Å². The molecule has 0 radical (unpaired) electrons. The number of ether oxygens (including phenoxy) is 1. The van der Waals surface area contributed by atoms with Crippen LogP contribution in [0.5, 0.6) is 0 Å². The summed E-state index contributed by atoms with van der Waals surface area (Å²) in [4.78, 5) is 18.2. The van der Waals surface area contributed by atoms with Crippen LogP contribution in [0.3, 0.4) is 0 Å². The molecule has 0 aromatic carbocycles. The topological polar surface area (TPSA) is 36.0 Å². The smallest absolute Gasteiger partial charge is 0.319 e. The van der Waals surface area contributed by atoms with Gasteiger partial charge in [0.05, 0.1) is 12.7 Å². The zero-order chi connectivity index (χ0) is 13.4. The molecule has 0 aromatic rings. The second-order valence-electron chi connectivity index (χ2n) is 6.39. The average molecular weight is 267 g/mol. The van der Waals surface area contributed by atoms with Crippen molar-refractivity contribution in [3.8, 4) is 0 Å². The lowest BCUT2D eigenvalue weighted by Gasteiger charge is -2.25. The number of fused-ring (bicyclic) bond motifs is 1. The van der Waals surface area contributed by atoms with Crippen molar-refractivity contribution in [1.82, 2.24) is 14.7 Å². The molecule has 3 saturated heterocycles. The van der Waals surface area contributed by atoms with Gasteiger partial charge in [0.2, 0.25) is 0 Å². The summed E-state index contributed by atoms with van der Waals surface area (Å²) < 4.78 is 5.92. The minimum atomic E-state index is 0.123. The molecule has 0 spiro atoms. The van der Waals surface area contributed by atoms with E-state index in [2.05, 4.69) is 4.90 Å². The van der Waals surface area contributed by atoms with Crippen molar-refractivity contribution < 1.29 is 9.53 Å². The van der Waals surface area contributed by atoms with Gasteiger partial charge in [-0.25, -0.2) is 4.79 Å². The SMILES string of the molecule is CN(C)C(=O)N1C[C@H]2[C@@H](CN3CCCC3)CO[C@H]2C1. The lowest BCUT2D eigenvalue weighted by molar-refractivity contribution is 0.0930. The number of carbonyl (C=O) groups is 1. The molecular weight excluding hydrogens is 242 g/mol. The van der Waals surface area contributed by atoms with E-state index in [0.717, 1.165) is 26.2 Å². The normalized spacial score (nSPS) is 34.8. The fourth-order valence-corrected chi connectivity index (χ4v) is 3.72. The Morgan fingerprint density at radius 3 is 2.68 bits per heavy atom. The van der Waals surface area contributed by atoms with Gasteiger partial charge in [0, 0.05) is 45.6 Å². The Hall–Kier alpha value is -0.810. The Morgan fingerprint density at radius 1 is 1.26 bits per heavy atom. The van der Waals surface area contributed by atoms with Crippen molar-refractivity contribution in [3.05, 3.63) is 0 Å². The first-order chi connectivity index (χ1) is 9.15. The molecule has 3 heterocycles. The summed E-state index contributed by atoms with van der Waals surface area (Å²) in [7, 11) is 3.64. The molecule has 19 heavy (non-hydrogen) atoms. The number of hydrogen-bond donors (Lipinski definition) is 0. The van der Waals surface area contributed by atoms with E-state index in [0.29, 0.717) is 11.8 Å². The number of amides is 2. The van der Waals surface area contributed by atoms with Crippen molar-refractivity contribution in [2.75, 3.05) is 53.4 Å². The highest BCUT2D eigenvalue weighted by Crippen LogP contribution is 2.34. The maximum absolute atomic E-state index is 12.0. The van der Waals surface area contributed by atoms with Gasteiger partial charge in [-0.2, -0.15) is 0 Å². The summed E-state index contributed by atoms with van der Waals surface area (Å²) in [5.74, 6) is 1.16. The van der Waals surface area contributed by atoms with Gasteiger partial charge in [-0.15, -0.1) is 0 Å². The third-order valence-electron chi connectivity index (χ3n) is 4.78. The van der Waals surface area contributed by atoms with Crippen molar-refractivity contribution in [2.45, 2.75) is 18.9 Å². The highest BCUT2D eigenvalue weighted by atomic mass is 16.5. The van der Waals surface area contributed by atoms with Crippen LogP contribution in [0.15, 0.2) is 0 Å². The van der Waals surface area contributed by atoms with Gasteiger partial charge in [-0.05, 0) is 25.9 Å². The molecule has 0 unspecified atom stereocenters. The minimum absolute atomic E-state index is 0.123. The standard InChI is InChI=1S/C14H25N3O2/c1-15(2)14(18)17-8-12-11(10-19-13(12)9-17)7-16-5-3-4-6-16/h11-13H,3-10H2,1-2H3/t11-,12-,13-/m0/s1. The van der Waals surface area contributed by atoms with E-state index in [1.165, 1.54) is 25.9 Å². The van der Waals surface area contributed by atoms with E-state index in [-0.39, 0.29) is 12.1 Å².